The molecule has 0 aliphatic carbocycles. The largest absolute Gasteiger partial charge is 0.472 e. The van der Waals surface area contributed by atoms with Crippen LogP contribution in [0.1, 0.15) is 12.5 Å². The Hall–Kier alpha value is -3.54. The molecule has 44 heavy (non-hydrogen) atoms. The molecule has 3 saturated heterocycles. The quantitative estimate of drug-likeness (QED) is 0.188. The van der Waals surface area contributed by atoms with Gasteiger partial charge < -0.3 is 25.8 Å². The molecule has 3 fully saturated rings. The smallest absolute Gasteiger partial charge is 0.382 e. The minimum Gasteiger partial charge on any atom is -0.382 e. The summed E-state index contributed by atoms with van der Waals surface area (Å²) in [5.41, 5.74) is 12.0. The highest BCUT2D eigenvalue weighted by Crippen LogP contribution is 2.50. The number of nitrogens with two attached hydrogens (primary N) is 2. The highest BCUT2D eigenvalue weighted by Gasteiger charge is 2.54. The van der Waals surface area contributed by atoms with Gasteiger partial charge >= 0.3 is 18.1 Å². The van der Waals surface area contributed by atoms with Crippen molar-refractivity contribution in [1.82, 2.24) is 43.8 Å². The highest BCUT2D eigenvalue weighted by atomic mass is 32.2. The molecule has 3 aliphatic rings. The van der Waals surface area contributed by atoms with Gasteiger partial charge in [0.25, 0.3) is 0 Å². The van der Waals surface area contributed by atoms with Crippen LogP contribution < -0.4 is 16.2 Å². The van der Waals surface area contributed by atoms with Crippen molar-refractivity contribution in [1.29, 1.82) is 0 Å². The maximum Gasteiger partial charge on any atom is 0.472 e. The van der Waals surface area contributed by atoms with Crippen molar-refractivity contribution in [3.8, 4) is 0 Å². The lowest BCUT2D eigenvalue weighted by atomic mass is 10.1. The minimum absolute atomic E-state index is 0.00169. The Bertz CT molecular complexity index is 1900. The molecule has 236 valence electrons. The van der Waals surface area contributed by atoms with Gasteiger partial charge in [-0.25, -0.2) is 47.4 Å². The summed E-state index contributed by atoms with van der Waals surface area (Å²) >= 11 is 0. The second-order valence-corrected chi connectivity index (χ2v) is 12.7. The number of halogens is 2. The van der Waals surface area contributed by atoms with Crippen molar-refractivity contribution in [3.63, 3.8) is 0 Å². The van der Waals surface area contributed by atoms with E-state index in [2.05, 4.69) is 29.9 Å². The molecular formula is C20H22F2N11O9PS. The molecule has 24 heteroatoms. The molecule has 0 radical (unpaired) electrons. The summed E-state index contributed by atoms with van der Waals surface area (Å²) in [7, 11) is -9.89. The van der Waals surface area contributed by atoms with Crippen molar-refractivity contribution in [2.75, 3.05) is 24.6 Å². The molecular weight excluding hydrogens is 639 g/mol. The van der Waals surface area contributed by atoms with Gasteiger partial charge in [-0.1, -0.05) is 0 Å². The van der Waals surface area contributed by atoms with Gasteiger partial charge in [0.05, 0.1) is 19.3 Å². The monoisotopic (exact) mass is 661 g/mol. The molecule has 7 rings (SSSR count). The fraction of sp³-hybridized carbons (Fsp3) is 0.500. The van der Waals surface area contributed by atoms with E-state index in [1.807, 2.05) is 4.72 Å². The summed E-state index contributed by atoms with van der Waals surface area (Å²) in [5, 5.41) is 0. The Balaban J connectivity index is 1.17. The predicted molar refractivity (Wildman–Crippen MR) is 140 cm³/mol. The third kappa shape index (κ3) is 4.95. The number of phosphoric acid groups is 1. The molecule has 9 unspecified atom stereocenters. The number of nitrogens with zero attached hydrogens (tertiary/aromatic N) is 8. The molecule has 4 aromatic heterocycles. The lowest BCUT2D eigenvalue weighted by Gasteiger charge is -2.26. The molecule has 6 N–H and O–H groups in total. The van der Waals surface area contributed by atoms with Gasteiger partial charge in [0, 0.05) is 6.54 Å². The summed E-state index contributed by atoms with van der Waals surface area (Å²) in [5.74, 6) is 0.000965. The van der Waals surface area contributed by atoms with E-state index in [1.54, 1.807) is 0 Å². The Morgan fingerprint density at radius 2 is 1.43 bits per heavy atom. The van der Waals surface area contributed by atoms with Crippen LogP contribution in [0.15, 0.2) is 25.3 Å². The van der Waals surface area contributed by atoms with E-state index in [1.165, 1.54) is 0 Å². The standard InChI is InChI=1S/C20H22F2N11O9PS/c21-9-13-7(39-19(9)32-5-29-11-15(23)25-3-27-17(11)32)1-31-44(36,37)42-14-8(2-38-43(34,35)41-13)40-20(10(14)22)33-6-30-12-16(24)26-4-28-18(12)33/h3-10,13-14,19-20,31H,1-2H2,(H,34,35)(H2,23,25,27)(H2,24,26,28). The van der Waals surface area contributed by atoms with Crippen LogP contribution in [0.3, 0.4) is 0 Å². The Morgan fingerprint density at radius 1 is 0.886 bits per heavy atom. The fourth-order valence-electron chi connectivity index (χ4n) is 5.20. The number of imidazole rings is 2. The van der Waals surface area contributed by atoms with Crippen LogP contribution >= 0.6 is 7.82 Å². The van der Waals surface area contributed by atoms with Gasteiger partial charge in [-0.15, -0.1) is 0 Å². The van der Waals surface area contributed by atoms with E-state index in [-0.39, 0.29) is 34.0 Å². The summed E-state index contributed by atoms with van der Waals surface area (Å²) in [6, 6.07) is 0. The molecule has 4 aromatic rings. The summed E-state index contributed by atoms with van der Waals surface area (Å²) < 4.78 is 102. The van der Waals surface area contributed by atoms with Crippen molar-refractivity contribution < 1.29 is 49.4 Å². The van der Waals surface area contributed by atoms with Crippen LogP contribution in [0.4, 0.5) is 20.4 Å². The van der Waals surface area contributed by atoms with Crippen molar-refractivity contribution in [3.05, 3.63) is 25.3 Å². The minimum atomic E-state index is -5.11. The molecule has 0 amide bonds. The first-order chi connectivity index (χ1) is 20.9. The number of rotatable bonds is 2. The second kappa shape index (κ2) is 10.5. The van der Waals surface area contributed by atoms with Gasteiger partial charge in [-0.3, -0.25) is 18.2 Å². The third-order valence-electron chi connectivity index (χ3n) is 7.21. The third-order valence-corrected chi connectivity index (χ3v) is 9.19. The molecule has 9 atom stereocenters. The SMILES string of the molecule is Nc1ncnc2c1ncn2C1OC2CNS(=O)(=O)OC3C(COP(=O)(O)OC2C1F)OC(n1cnc2c(N)ncnc21)C3F. The average molecular weight is 662 g/mol. The summed E-state index contributed by atoms with van der Waals surface area (Å²) in [6.45, 7) is -1.63. The number of aromatic nitrogens is 8. The zero-order valence-corrected chi connectivity index (χ0v) is 23.6. The molecule has 0 aromatic carbocycles. The number of nitrogen functional groups attached to an aromatic ring is 2. The van der Waals surface area contributed by atoms with E-state index in [0.717, 1.165) is 34.4 Å². The summed E-state index contributed by atoms with van der Waals surface area (Å²) in [6.07, 6.45) is -9.82. The van der Waals surface area contributed by atoms with E-state index in [0.29, 0.717) is 0 Å². The van der Waals surface area contributed by atoms with Crippen molar-refractivity contribution >= 4 is 52.1 Å². The van der Waals surface area contributed by atoms with E-state index >= 15 is 8.78 Å². The normalized spacial score (nSPS) is 36.1. The van der Waals surface area contributed by atoms with Crippen LogP contribution in [-0.4, -0.2) is 102 Å². The molecule has 20 nitrogen and oxygen atoms in total. The lowest BCUT2D eigenvalue weighted by molar-refractivity contribution is -0.0496. The van der Waals surface area contributed by atoms with Gasteiger partial charge in [0.15, 0.2) is 47.7 Å². The Labute approximate surface area is 244 Å². The fourth-order valence-corrected chi connectivity index (χ4v) is 7.12. The molecule has 7 heterocycles. The molecule has 0 spiro atoms. The van der Waals surface area contributed by atoms with Crippen LogP contribution in [0.2, 0.25) is 0 Å². The zero-order chi connectivity index (χ0) is 31.0. The first kappa shape index (κ1) is 29.2. The van der Waals surface area contributed by atoms with Crippen LogP contribution in [0, 0.1) is 0 Å². The topological polar surface area (TPSA) is 269 Å². The van der Waals surface area contributed by atoms with Crippen LogP contribution in [0.25, 0.3) is 22.3 Å². The summed E-state index contributed by atoms with van der Waals surface area (Å²) in [4.78, 5) is 34.2. The molecule has 0 bridgehead atoms. The number of nitrogens with one attached hydrogen (secondary N) is 1. The number of fused-ring (bicyclic) bond motifs is 4. The number of alkyl halides is 2. The number of hydrogen-bond acceptors (Lipinski definition) is 16. The van der Waals surface area contributed by atoms with Gasteiger partial charge in [0.1, 0.15) is 48.1 Å². The number of phosphoric ester groups is 1. The molecule has 3 aliphatic heterocycles. The first-order valence-electron chi connectivity index (χ1n) is 12.7. The maximum atomic E-state index is 15.8. The van der Waals surface area contributed by atoms with E-state index in [4.69, 9.17) is 34.2 Å². The van der Waals surface area contributed by atoms with Crippen molar-refractivity contribution in [2.45, 2.75) is 49.2 Å². The first-order valence-corrected chi connectivity index (χ1v) is 15.6. The predicted octanol–water partition coefficient (Wildman–Crippen LogP) is -0.963. The van der Waals surface area contributed by atoms with Crippen LogP contribution in [0.5, 0.6) is 0 Å². The van der Waals surface area contributed by atoms with Crippen LogP contribution in [-0.2, 0) is 37.6 Å². The zero-order valence-electron chi connectivity index (χ0n) is 21.9. The molecule has 0 saturated carbocycles. The Kier molecular flexibility index (Phi) is 6.98. The van der Waals surface area contributed by atoms with Gasteiger partial charge in [-0.2, -0.15) is 13.1 Å². The lowest BCUT2D eigenvalue weighted by Crippen LogP contribution is -2.45. The number of anilines is 2. The van der Waals surface area contributed by atoms with E-state index in [9.17, 15) is 17.9 Å². The second-order valence-electron chi connectivity index (χ2n) is 9.88. The van der Waals surface area contributed by atoms with E-state index < -0.39 is 80.5 Å². The number of hydrogen-bond donors (Lipinski definition) is 4. The Morgan fingerprint density at radius 3 is 2.02 bits per heavy atom. The van der Waals surface area contributed by atoms with Gasteiger partial charge in [-0.05, 0) is 0 Å². The van der Waals surface area contributed by atoms with Crippen molar-refractivity contribution in [2.24, 2.45) is 0 Å². The van der Waals surface area contributed by atoms with Gasteiger partial charge in [0.2, 0.25) is 0 Å². The maximum absolute atomic E-state index is 15.8. The average Bonchev–Trinajstić information content (AvgIpc) is 3.73. The highest BCUT2D eigenvalue weighted by molar-refractivity contribution is 7.84. The number of ether oxygens (including phenoxy) is 2.